The van der Waals surface area contributed by atoms with Gasteiger partial charge in [0.1, 0.15) is 0 Å². The van der Waals surface area contributed by atoms with Gasteiger partial charge >= 0.3 is 0 Å². The molecule has 0 fully saturated rings. The predicted molar refractivity (Wildman–Crippen MR) is 89.7 cm³/mol. The molecule has 19 heavy (non-hydrogen) atoms. The first-order valence-electron chi connectivity index (χ1n) is 5.83. The van der Waals surface area contributed by atoms with Gasteiger partial charge in [0, 0.05) is 13.6 Å². The van der Waals surface area contributed by atoms with Crippen LogP contribution in [0.5, 0.6) is 0 Å². The van der Waals surface area contributed by atoms with Crippen molar-refractivity contribution in [3.05, 3.63) is 67.9 Å². The molecule has 4 heteroatoms. The van der Waals surface area contributed by atoms with Gasteiger partial charge < -0.3 is 5.73 Å². The smallest absolute Gasteiger partial charge is 0.0577 e. The topological polar surface area (TPSA) is 26.0 Å². The maximum Gasteiger partial charge on any atom is 0.0577 e. The third-order valence-electron chi connectivity index (χ3n) is 3.14. The third kappa shape index (κ3) is 2.50. The summed E-state index contributed by atoms with van der Waals surface area (Å²) in [5.41, 5.74) is 8.73. The van der Waals surface area contributed by atoms with Gasteiger partial charge in [0.05, 0.1) is 6.04 Å². The summed E-state index contributed by atoms with van der Waals surface area (Å²) in [6.07, 6.45) is 0. The summed E-state index contributed by atoms with van der Waals surface area (Å²) in [6.45, 7) is 0. The number of benzene rings is 2. The molecule has 0 aliphatic rings. The van der Waals surface area contributed by atoms with Crippen LogP contribution in [-0.4, -0.2) is 0 Å². The fraction of sp³-hybridized carbons (Fsp3) is 0.0667. The highest BCUT2D eigenvalue weighted by Crippen LogP contribution is 2.34. The lowest BCUT2D eigenvalue weighted by Gasteiger charge is -2.15. The molecule has 0 bridgehead atoms. The molecule has 3 rings (SSSR count). The normalized spacial score (nSPS) is 12.8. The van der Waals surface area contributed by atoms with Gasteiger partial charge in [-0.05, 0) is 46.2 Å². The molecule has 1 nitrogen and oxygen atoms in total. The van der Waals surface area contributed by atoms with Crippen LogP contribution in [0.1, 0.15) is 17.2 Å². The van der Waals surface area contributed by atoms with Gasteiger partial charge in [-0.15, -0.1) is 11.3 Å². The van der Waals surface area contributed by atoms with Gasteiger partial charge in [0.2, 0.25) is 0 Å². The lowest BCUT2D eigenvalue weighted by atomic mass is 9.99. The minimum absolute atomic E-state index is 0.130. The van der Waals surface area contributed by atoms with Crippen LogP contribution in [0.25, 0.3) is 10.1 Å². The van der Waals surface area contributed by atoms with Crippen molar-refractivity contribution in [2.45, 2.75) is 6.04 Å². The molecule has 1 heterocycles. The molecule has 2 N–H and O–H groups in total. The fourth-order valence-corrected chi connectivity index (χ4v) is 4.01. The van der Waals surface area contributed by atoms with E-state index in [-0.39, 0.29) is 6.04 Å². The van der Waals surface area contributed by atoms with Crippen LogP contribution < -0.4 is 5.73 Å². The van der Waals surface area contributed by atoms with Crippen molar-refractivity contribution in [2.75, 3.05) is 0 Å². The molecule has 0 aliphatic heterocycles. The molecular weight excluding hydrogens is 386 g/mol. The number of hydrogen-bond donors (Lipinski definition) is 1. The maximum absolute atomic E-state index is 6.47. The highest BCUT2D eigenvalue weighted by molar-refractivity contribution is 9.11. The Hall–Kier alpha value is -0.680. The van der Waals surface area contributed by atoms with Gasteiger partial charge in [-0.3, -0.25) is 0 Å². The molecule has 0 saturated carbocycles. The van der Waals surface area contributed by atoms with Crippen molar-refractivity contribution in [1.82, 2.24) is 0 Å². The van der Waals surface area contributed by atoms with E-state index in [1.54, 1.807) is 11.3 Å². The largest absolute Gasteiger partial charge is 0.320 e. The number of fused-ring (bicyclic) bond motifs is 1. The van der Waals surface area contributed by atoms with Gasteiger partial charge in [-0.2, -0.15) is 0 Å². The van der Waals surface area contributed by atoms with Crippen molar-refractivity contribution in [1.29, 1.82) is 0 Å². The van der Waals surface area contributed by atoms with Crippen molar-refractivity contribution >= 4 is 53.3 Å². The average molecular weight is 397 g/mol. The molecule has 96 valence electrons. The molecule has 0 amide bonds. The Morgan fingerprint density at radius 2 is 1.84 bits per heavy atom. The molecule has 0 spiro atoms. The zero-order valence-corrected chi connectivity index (χ0v) is 13.9. The first-order valence-corrected chi connectivity index (χ1v) is 8.30. The summed E-state index contributed by atoms with van der Waals surface area (Å²) in [6, 6.07) is 14.4. The van der Waals surface area contributed by atoms with E-state index in [9.17, 15) is 0 Å². The van der Waals surface area contributed by atoms with Gasteiger partial charge in [-0.1, -0.05) is 50.1 Å². The molecule has 3 aromatic rings. The standard InChI is InChI=1S/C15H11Br2NS/c16-10-4-5-13(17)12(8-10)14(18)11-3-1-2-9-6-7-19-15(9)11/h1-8,14H,18H2. The Bertz CT molecular complexity index is 736. The van der Waals surface area contributed by atoms with E-state index in [1.807, 2.05) is 12.1 Å². The van der Waals surface area contributed by atoms with Crippen molar-refractivity contribution in [3.63, 3.8) is 0 Å². The zero-order chi connectivity index (χ0) is 13.4. The highest BCUT2D eigenvalue weighted by Gasteiger charge is 2.15. The van der Waals surface area contributed by atoms with Crippen LogP contribution in [0.2, 0.25) is 0 Å². The van der Waals surface area contributed by atoms with E-state index >= 15 is 0 Å². The van der Waals surface area contributed by atoms with E-state index in [0.717, 1.165) is 14.5 Å². The van der Waals surface area contributed by atoms with Crippen LogP contribution in [0.15, 0.2) is 56.8 Å². The number of nitrogens with two attached hydrogens (primary N) is 1. The van der Waals surface area contributed by atoms with E-state index in [4.69, 9.17) is 5.73 Å². The van der Waals surface area contributed by atoms with Crippen molar-refractivity contribution in [3.8, 4) is 0 Å². The zero-order valence-electron chi connectivity index (χ0n) is 9.94. The average Bonchev–Trinajstić information content (AvgIpc) is 2.89. The molecule has 0 aliphatic carbocycles. The predicted octanol–water partition coefficient (Wildman–Crippen LogP) is 5.47. The highest BCUT2D eigenvalue weighted by atomic mass is 79.9. The third-order valence-corrected chi connectivity index (χ3v) is 5.33. The van der Waals surface area contributed by atoms with Gasteiger partial charge in [0.25, 0.3) is 0 Å². The number of rotatable bonds is 2. The second-order valence-corrected chi connectivity index (χ2v) is 7.02. The number of hydrogen-bond acceptors (Lipinski definition) is 2. The van der Waals surface area contributed by atoms with Crippen LogP contribution in [-0.2, 0) is 0 Å². The fourth-order valence-electron chi connectivity index (χ4n) is 2.18. The minimum atomic E-state index is -0.130. The lowest BCUT2D eigenvalue weighted by Crippen LogP contribution is -2.12. The van der Waals surface area contributed by atoms with Crippen LogP contribution >= 0.6 is 43.2 Å². The van der Waals surface area contributed by atoms with E-state index < -0.39 is 0 Å². The summed E-state index contributed by atoms with van der Waals surface area (Å²) in [4.78, 5) is 0. The number of thiophene rings is 1. The Kier molecular flexibility index (Phi) is 3.76. The van der Waals surface area contributed by atoms with E-state index in [1.165, 1.54) is 15.6 Å². The Balaban J connectivity index is 2.15. The van der Waals surface area contributed by atoms with Crippen LogP contribution in [0, 0.1) is 0 Å². The van der Waals surface area contributed by atoms with Crippen molar-refractivity contribution < 1.29 is 0 Å². The monoisotopic (exact) mass is 395 g/mol. The van der Waals surface area contributed by atoms with E-state index in [2.05, 4.69) is 67.6 Å². The minimum Gasteiger partial charge on any atom is -0.320 e. The van der Waals surface area contributed by atoms with Crippen LogP contribution in [0.4, 0.5) is 0 Å². The second-order valence-electron chi connectivity index (χ2n) is 4.33. The molecule has 1 unspecified atom stereocenters. The Labute approximate surface area is 132 Å². The summed E-state index contributed by atoms with van der Waals surface area (Å²) < 4.78 is 3.35. The lowest BCUT2D eigenvalue weighted by molar-refractivity contribution is 0.875. The van der Waals surface area contributed by atoms with E-state index in [0.29, 0.717) is 0 Å². The SMILES string of the molecule is NC(c1cc(Br)ccc1Br)c1cccc2ccsc12. The van der Waals surface area contributed by atoms with Crippen LogP contribution in [0.3, 0.4) is 0 Å². The molecule has 0 saturated heterocycles. The molecular formula is C15H11Br2NS. The molecule has 1 aromatic heterocycles. The maximum atomic E-state index is 6.47. The van der Waals surface area contributed by atoms with Crippen molar-refractivity contribution in [2.24, 2.45) is 5.73 Å². The molecule has 2 aromatic carbocycles. The Morgan fingerprint density at radius 1 is 1.00 bits per heavy atom. The summed E-state index contributed by atoms with van der Waals surface area (Å²) in [5.74, 6) is 0. The molecule has 1 atom stereocenters. The van der Waals surface area contributed by atoms with Gasteiger partial charge in [0.15, 0.2) is 0 Å². The quantitative estimate of drug-likeness (QED) is 0.610. The first-order chi connectivity index (χ1) is 9.16. The summed E-state index contributed by atoms with van der Waals surface area (Å²) in [5, 5.41) is 3.36. The van der Waals surface area contributed by atoms with Gasteiger partial charge in [-0.25, -0.2) is 0 Å². The Morgan fingerprint density at radius 3 is 2.68 bits per heavy atom. The summed E-state index contributed by atoms with van der Waals surface area (Å²) in [7, 11) is 0. The molecule has 0 radical (unpaired) electrons. The number of halogens is 2. The second kappa shape index (κ2) is 5.37. The summed E-state index contributed by atoms with van der Waals surface area (Å²) >= 11 is 8.83. The first kappa shape index (κ1) is 13.3.